The van der Waals surface area contributed by atoms with Crippen molar-refractivity contribution in [1.29, 1.82) is 0 Å². The summed E-state index contributed by atoms with van der Waals surface area (Å²) in [6.45, 7) is 4.57. The minimum Gasteiger partial charge on any atom is -0.393 e. The molecule has 1 aliphatic heterocycles. The molecule has 0 spiro atoms. The van der Waals surface area contributed by atoms with E-state index in [1.54, 1.807) is 0 Å². The lowest BCUT2D eigenvalue weighted by atomic mass is 9.83. The van der Waals surface area contributed by atoms with Gasteiger partial charge >= 0.3 is 0 Å². The highest BCUT2D eigenvalue weighted by Crippen LogP contribution is 2.29. The fourth-order valence-corrected chi connectivity index (χ4v) is 3.44. The second-order valence-corrected chi connectivity index (χ2v) is 6.48. The largest absolute Gasteiger partial charge is 0.393 e. The van der Waals surface area contributed by atoms with Crippen LogP contribution in [0.1, 0.15) is 39.0 Å². The van der Waals surface area contributed by atoms with Gasteiger partial charge in [0.15, 0.2) is 0 Å². The van der Waals surface area contributed by atoms with Crippen molar-refractivity contribution in [3.63, 3.8) is 0 Å². The van der Waals surface area contributed by atoms with Crippen molar-refractivity contribution in [3.05, 3.63) is 0 Å². The Hall–Kier alpha value is -0.260. The molecule has 0 aromatic rings. The summed E-state index contributed by atoms with van der Waals surface area (Å²) in [6.07, 6.45) is 2.86. The predicted molar refractivity (Wildman–Crippen MR) is 76.0 cm³/mol. The summed E-state index contributed by atoms with van der Waals surface area (Å²) in [5.41, 5.74) is 0. The van der Waals surface area contributed by atoms with Crippen LogP contribution in [0.4, 0.5) is 8.78 Å². The summed E-state index contributed by atoms with van der Waals surface area (Å²) in [4.78, 5) is 2.38. The Labute approximate surface area is 120 Å². The van der Waals surface area contributed by atoms with Gasteiger partial charge < -0.3 is 15.3 Å². The van der Waals surface area contributed by atoms with E-state index < -0.39 is 6.43 Å². The molecular weight excluding hydrogens is 262 g/mol. The van der Waals surface area contributed by atoms with E-state index in [1.165, 1.54) is 19.3 Å². The summed E-state index contributed by atoms with van der Waals surface area (Å²) < 4.78 is 24.7. The van der Waals surface area contributed by atoms with Crippen molar-refractivity contribution in [3.8, 4) is 0 Å². The molecule has 2 N–H and O–H groups in total. The molecule has 2 fully saturated rings. The van der Waals surface area contributed by atoms with Gasteiger partial charge in [-0.05, 0) is 37.5 Å². The maximum absolute atomic E-state index is 12.4. The van der Waals surface area contributed by atoms with Crippen LogP contribution in [-0.2, 0) is 0 Å². The molecule has 3 atom stereocenters. The van der Waals surface area contributed by atoms with E-state index in [1.807, 2.05) is 6.92 Å². The van der Waals surface area contributed by atoms with Crippen molar-refractivity contribution >= 4 is 0 Å². The summed E-state index contributed by atoms with van der Waals surface area (Å²) >= 11 is 0. The molecule has 2 aliphatic rings. The average Bonchev–Trinajstić information content (AvgIpc) is 2.39. The summed E-state index contributed by atoms with van der Waals surface area (Å²) in [5.74, 6) is 0.993. The van der Waals surface area contributed by atoms with E-state index in [-0.39, 0.29) is 24.6 Å². The molecule has 2 rings (SSSR count). The van der Waals surface area contributed by atoms with E-state index in [0.29, 0.717) is 0 Å². The molecule has 0 aromatic heterocycles. The van der Waals surface area contributed by atoms with Gasteiger partial charge in [0.1, 0.15) is 0 Å². The predicted octanol–water partition coefficient (Wildman–Crippen LogP) is 2.10. The molecule has 5 heteroatoms. The fraction of sp³-hybridized carbons (Fsp3) is 1.00. The highest BCUT2D eigenvalue weighted by molar-refractivity contribution is 4.88. The molecule has 0 radical (unpaired) electrons. The Kier molecular flexibility index (Phi) is 6.18. The van der Waals surface area contributed by atoms with Crippen LogP contribution in [0, 0.1) is 11.8 Å². The van der Waals surface area contributed by atoms with Crippen LogP contribution in [0.5, 0.6) is 0 Å². The first-order chi connectivity index (χ1) is 9.58. The van der Waals surface area contributed by atoms with E-state index in [9.17, 15) is 13.9 Å². The number of nitrogens with one attached hydrogen (secondary N) is 1. The number of hydrogen-bond acceptors (Lipinski definition) is 3. The lowest BCUT2D eigenvalue weighted by molar-refractivity contribution is 0.0216. The van der Waals surface area contributed by atoms with Gasteiger partial charge in [-0.2, -0.15) is 0 Å². The highest BCUT2D eigenvalue weighted by Gasteiger charge is 2.32. The van der Waals surface area contributed by atoms with Crippen LogP contribution in [0.3, 0.4) is 0 Å². The van der Waals surface area contributed by atoms with Gasteiger partial charge in [0.05, 0.1) is 12.6 Å². The first-order valence-corrected chi connectivity index (χ1v) is 8.00. The number of likely N-dealkylation sites (tertiary alicyclic amines) is 1. The Morgan fingerprint density at radius 2 is 2.05 bits per heavy atom. The van der Waals surface area contributed by atoms with Gasteiger partial charge in [-0.3, -0.25) is 0 Å². The Morgan fingerprint density at radius 1 is 1.30 bits per heavy atom. The van der Waals surface area contributed by atoms with Gasteiger partial charge in [0, 0.05) is 25.7 Å². The number of hydrogen-bond donors (Lipinski definition) is 2. The molecule has 1 aliphatic carbocycles. The van der Waals surface area contributed by atoms with Crippen molar-refractivity contribution in [2.45, 2.75) is 57.6 Å². The number of rotatable bonds is 7. The molecule has 20 heavy (non-hydrogen) atoms. The molecule has 3 unspecified atom stereocenters. The molecule has 3 nitrogen and oxygen atoms in total. The summed E-state index contributed by atoms with van der Waals surface area (Å²) in [6, 6.07) is 0.0871. The fourth-order valence-electron chi connectivity index (χ4n) is 3.44. The average molecular weight is 290 g/mol. The van der Waals surface area contributed by atoms with Crippen molar-refractivity contribution in [2.75, 3.05) is 26.2 Å². The second kappa shape index (κ2) is 7.66. The number of aliphatic hydroxyl groups excluding tert-OH is 1. The molecule has 1 saturated carbocycles. The molecule has 0 bridgehead atoms. The van der Waals surface area contributed by atoms with E-state index >= 15 is 0 Å². The van der Waals surface area contributed by atoms with Gasteiger partial charge in [-0.1, -0.05) is 13.3 Å². The zero-order chi connectivity index (χ0) is 14.5. The third kappa shape index (κ3) is 4.64. The van der Waals surface area contributed by atoms with Gasteiger partial charge in [0.25, 0.3) is 6.43 Å². The van der Waals surface area contributed by atoms with Gasteiger partial charge in [-0.15, -0.1) is 0 Å². The molecule has 0 aromatic carbocycles. The van der Waals surface area contributed by atoms with Crippen LogP contribution < -0.4 is 5.32 Å². The van der Waals surface area contributed by atoms with Crippen LogP contribution in [-0.4, -0.2) is 54.8 Å². The van der Waals surface area contributed by atoms with Crippen LogP contribution >= 0.6 is 0 Å². The lowest BCUT2D eigenvalue weighted by Crippen LogP contribution is -2.53. The van der Waals surface area contributed by atoms with Gasteiger partial charge in [0.2, 0.25) is 0 Å². The van der Waals surface area contributed by atoms with E-state index in [0.717, 1.165) is 38.4 Å². The smallest absolute Gasteiger partial charge is 0.250 e. The SMILES string of the molecule is CCC(O)C1CC(NCC(F)F)CN(CC2CCC2)C1. The first-order valence-electron chi connectivity index (χ1n) is 8.00. The third-order valence-electron chi connectivity index (χ3n) is 4.82. The minimum absolute atomic E-state index is 0.0871. The van der Waals surface area contributed by atoms with Crippen molar-refractivity contribution in [2.24, 2.45) is 11.8 Å². The van der Waals surface area contributed by atoms with Crippen LogP contribution in [0.25, 0.3) is 0 Å². The molecule has 118 valence electrons. The zero-order valence-corrected chi connectivity index (χ0v) is 12.4. The van der Waals surface area contributed by atoms with Crippen molar-refractivity contribution in [1.82, 2.24) is 10.2 Å². The molecule has 1 heterocycles. The molecular formula is C15H28F2N2O. The van der Waals surface area contributed by atoms with Crippen molar-refractivity contribution < 1.29 is 13.9 Å². The zero-order valence-electron chi connectivity index (χ0n) is 12.4. The Balaban J connectivity index is 1.86. The Morgan fingerprint density at radius 3 is 2.60 bits per heavy atom. The molecule has 1 saturated heterocycles. The topological polar surface area (TPSA) is 35.5 Å². The van der Waals surface area contributed by atoms with Gasteiger partial charge in [-0.25, -0.2) is 8.78 Å². The standard InChI is InChI=1S/C15H28F2N2O/c1-2-14(20)12-6-13(18-7-15(16)17)10-19(9-12)8-11-4-3-5-11/h11-15,18,20H,2-10H2,1H3. The third-order valence-corrected chi connectivity index (χ3v) is 4.82. The van der Waals surface area contributed by atoms with E-state index in [4.69, 9.17) is 0 Å². The number of piperidine rings is 1. The second-order valence-electron chi connectivity index (χ2n) is 6.48. The first kappa shape index (κ1) is 16.1. The van der Waals surface area contributed by atoms with Crippen LogP contribution in [0.2, 0.25) is 0 Å². The monoisotopic (exact) mass is 290 g/mol. The number of halogens is 2. The lowest BCUT2D eigenvalue weighted by Gasteiger charge is -2.42. The number of alkyl halides is 2. The molecule has 0 amide bonds. The number of aliphatic hydroxyl groups is 1. The summed E-state index contributed by atoms with van der Waals surface area (Å²) in [5, 5.41) is 13.1. The minimum atomic E-state index is -2.30. The number of nitrogens with zero attached hydrogens (tertiary/aromatic N) is 1. The quantitative estimate of drug-likeness (QED) is 0.754. The van der Waals surface area contributed by atoms with Crippen LogP contribution in [0.15, 0.2) is 0 Å². The normalized spacial score (nSPS) is 30.4. The highest BCUT2D eigenvalue weighted by atomic mass is 19.3. The summed E-state index contributed by atoms with van der Waals surface area (Å²) in [7, 11) is 0. The maximum atomic E-state index is 12.4. The maximum Gasteiger partial charge on any atom is 0.250 e. The Bertz CT molecular complexity index is 287. The van der Waals surface area contributed by atoms with E-state index in [2.05, 4.69) is 10.2 Å².